The molecule has 0 aromatic carbocycles. The summed E-state index contributed by atoms with van der Waals surface area (Å²) in [5.74, 6) is 0.111. The van der Waals surface area contributed by atoms with E-state index in [1.165, 1.54) is 0 Å². The standard InChI is InChI=1S/C15H22O3/c1-8(2)10-4-5-11(15(17)18)14-12(7-10)9(3)6-13(14)16/h9-10,12-13,16H,1,4-7H2,2-3H3,(H,17,18)/t9-,10+,12-,13-/m0/s1. The molecule has 2 N–H and O–H groups in total. The van der Waals surface area contributed by atoms with E-state index in [-0.39, 0.29) is 5.92 Å². The van der Waals surface area contributed by atoms with Crippen molar-refractivity contribution in [2.24, 2.45) is 17.8 Å². The summed E-state index contributed by atoms with van der Waals surface area (Å²) in [5, 5.41) is 19.5. The van der Waals surface area contributed by atoms with E-state index in [0.29, 0.717) is 30.3 Å². The summed E-state index contributed by atoms with van der Waals surface area (Å²) >= 11 is 0. The van der Waals surface area contributed by atoms with Gasteiger partial charge in [0.25, 0.3) is 0 Å². The minimum absolute atomic E-state index is 0.218. The molecule has 0 bridgehead atoms. The van der Waals surface area contributed by atoms with Gasteiger partial charge in [-0.15, -0.1) is 0 Å². The topological polar surface area (TPSA) is 57.5 Å². The van der Waals surface area contributed by atoms with Crippen molar-refractivity contribution in [1.82, 2.24) is 0 Å². The number of aliphatic carboxylic acids is 1. The SMILES string of the molecule is C=C(C)[C@@H]1CCC(C(=O)O)=C2[C@@H](C1)[C@@H](C)C[C@@H]2O. The summed E-state index contributed by atoms with van der Waals surface area (Å²) in [7, 11) is 0. The van der Waals surface area contributed by atoms with Crippen LogP contribution in [0.2, 0.25) is 0 Å². The lowest BCUT2D eigenvalue weighted by atomic mass is 9.83. The molecule has 2 rings (SSSR count). The van der Waals surface area contributed by atoms with Crippen molar-refractivity contribution in [1.29, 1.82) is 0 Å². The van der Waals surface area contributed by atoms with Gasteiger partial charge in [-0.3, -0.25) is 0 Å². The third-order valence-corrected chi connectivity index (χ3v) is 4.63. The Bertz CT molecular complexity index is 408. The third kappa shape index (κ3) is 2.24. The lowest BCUT2D eigenvalue weighted by Crippen LogP contribution is -2.15. The largest absolute Gasteiger partial charge is 0.478 e. The van der Waals surface area contributed by atoms with Gasteiger partial charge in [-0.1, -0.05) is 19.1 Å². The van der Waals surface area contributed by atoms with Crippen molar-refractivity contribution in [2.75, 3.05) is 0 Å². The lowest BCUT2D eigenvalue weighted by Gasteiger charge is -2.21. The van der Waals surface area contributed by atoms with E-state index < -0.39 is 12.1 Å². The number of allylic oxidation sites excluding steroid dienone is 1. The van der Waals surface area contributed by atoms with Crippen molar-refractivity contribution in [3.8, 4) is 0 Å². The first kappa shape index (κ1) is 13.3. The Morgan fingerprint density at radius 1 is 1.39 bits per heavy atom. The van der Waals surface area contributed by atoms with Gasteiger partial charge in [-0.25, -0.2) is 4.79 Å². The highest BCUT2D eigenvalue weighted by molar-refractivity contribution is 5.88. The van der Waals surface area contributed by atoms with Crippen molar-refractivity contribution in [2.45, 2.75) is 45.6 Å². The highest BCUT2D eigenvalue weighted by atomic mass is 16.4. The second-order valence-corrected chi connectivity index (χ2v) is 5.89. The first-order valence-electron chi connectivity index (χ1n) is 6.71. The molecule has 0 unspecified atom stereocenters. The maximum absolute atomic E-state index is 11.4. The van der Waals surface area contributed by atoms with Crippen LogP contribution in [0, 0.1) is 17.8 Å². The van der Waals surface area contributed by atoms with Crippen LogP contribution < -0.4 is 0 Å². The van der Waals surface area contributed by atoms with E-state index in [1.54, 1.807) is 0 Å². The zero-order valence-electron chi connectivity index (χ0n) is 11.1. The molecule has 0 aromatic heterocycles. The molecule has 4 atom stereocenters. The first-order valence-corrected chi connectivity index (χ1v) is 6.71. The maximum Gasteiger partial charge on any atom is 0.331 e. The molecule has 0 radical (unpaired) electrons. The summed E-state index contributed by atoms with van der Waals surface area (Å²) in [4.78, 5) is 11.4. The average molecular weight is 250 g/mol. The Balaban J connectivity index is 2.39. The van der Waals surface area contributed by atoms with Crippen LogP contribution in [0.15, 0.2) is 23.3 Å². The maximum atomic E-state index is 11.4. The molecule has 1 saturated carbocycles. The summed E-state index contributed by atoms with van der Waals surface area (Å²) in [6, 6.07) is 0. The van der Waals surface area contributed by atoms with Gasteiger partial charge in [0.05, 0.1) is 6.10 Å². The molecule has 0 aliphatic heterocycles. The first-order chi connectivity index (χ1) is 8.41. The Labute approximate surface area is 108 Å². The van der Waals surface area contributed by atoms with Gasteiger partial charge in [-0.2, -0.15) is 0 Å². The number of carboxylic acids is 1. The fraction of sp³-hybridized carbons (Fsp3) is 0.667. The Morgan fingerprint density at radius 2 is 2.06 bits per heavy atom. The molecule has 3 nitrogen and oxygen atoms in total. The number of carboxylic acid groups (broad SMARTS) is 1. The van der Waals surface area contributed by atoms with Crippen molar-refractivity contribution in [3.63, 3.8) is 0 Å². The van der Waals surface area contributed by atoms with Gasteiger partial charge in [-0.05, 0) is 55.9 Å². The van der Waals surface area contributed by atoms with Crippen LogP contribution in [0.5, 0.6) is 0 Å². The summed E-state index contributed by atoms with van der Waals surface area (Å²) in [6.45, 7) is 8.15. The molecule has 0 aromatic rings. The Kier molecular flexibility index (Phi) is 3.62. The van der Waals surface area contributed by atoms with E-state index in [2.05, 4.69) is 13.5 Å². The zero-order valence-corrected chi connectivity index (χ0v) is 11.1. The monoisotopic (exact) mass is 250 g/mol. The number of hydrogen-bond donors (Lipinski definition) is 2. The Hall–Kier alpha value is -1.09. The lowest BCUT2D eigenvalue weighted by molar-refractivity contribution is -0.133. The minimum Gasteiger partial charge on any atom is -0.478 e. The number of aliphatic hydroxyl groups is 1. The Morgan fingerprint density at radius 3 is 2.61 bits per heavy atom. The van der Waals surface area contributed by atoms with Crippen molar-refractivity contribution < 1.29 is 15.0 Å². The molecular weight excluding hydrogens is 228 g/mol. The number of hydrogen-bond acceptors (Lipinski definition) is 2. The van der Waals surface area contributed by atoms with Gasteiger partial charge < -0.3 is 10.2 Å². The quantitative estimate of drug-likeness (QED) is 0.741. The molecular formula is C15H22O3. The fourth-order valence-electron chi connectivity index (χ4n) is 3.55. The summed E-state index contributed by atoms with van der Waals surface area (Å²) in [6.07, 6.45) is 2.48. The molecule has 2 aliphatic carbocycles. The minimum atomic E-state index is -0.856. The smallest absolute Gasteiger partial charge is 0.331 e. The van der Waals surface area contributed by atoms with E-state index in [9.17, 15) is 15.0 Å². The molecule has 0 spiro atoms. The van der Waals surface area contributed by atoms with Crippen LogP contribution in [0.1, 0.15) is 39.5 Å². The molecule has 0 saturated heterocycles. The number of fused-ring (bicyclic) bond motifs is 1. The van der Waals surface area contributed by atoms with E-state index in [4.69, 9.17) is 0 Å². The summed E-state index contributed by atoms with van der Waals surface area (Å²) < 4.78 is 0. The van der Waals surface area contributed by atoms with Crippen LogP contribution in [0.3, 0.4) is 0 Å². The van der Waals surface area contributed by atoms with Gasteiger partial charge >= 0.3 is 5.97 Å². The molecule has 0 heterocycles. The van der Waals surface area contributed by atoms with Crippen LogP contribution in [-0.2, 0) is 4.79 Å². The zero-order chi connectivity index (χ0) is 13.4. The number of rotatable bonds is 2. The molecule has 1 fully saturated rings. The highest BCUT2D eigenvalue weighted by Gasteiger charge is 2.41. The molecule has 2 aliphatic rings. The highest BCUT2D eigenvalue weighted by Crippen LogP contribution is 2.46. The summed E-state index contributed by atoms with van der Waals surface area (Å²) in [5.41, 5.74) is 2.40. The van der Waals surface area contributed by atoms with Gasteiger partial charge in [0.1, 0.15) is 0 Å². The fourth-order valence-corrected chi connectivity index (χ4v) is 3.55. The molecule has 18 heavy (non-hydrogen) atoms. The second kappa shape index (κ2) is 4.88. The van der Waals surface area contributed by atoms with Crippen LogP contribution in [0.25, 0.3) is 0 Å². The van der Waals surface area contributed by atoms with Gasteiger partial charge in [0.2, 0.25) is 0 Å². The van der Waals surface area contributed by atoms with E-state index in [0.717, 1.165) is 24.0 Å². The molecule has 0 amide bonds. The van der Waals surface area contributed by atoms with Crippen LogP contribution in [-0.4, -0.2) is 22.3 Å². The normalized spacial score (nSPS) is 36.2. The van der Waals surface area contributed by atoms with Crippen LogP contribution >= 0.6 is 0 Å². The number of carbonyl (C=O) groups is 1. The third-order valence-electron chi connectivity index (χ3n) is 4.63. The second-order valence-electron chi connectivity index (χ2n) is 5.89. The van der Waals surface area contributed by atoms with Crippen molar-refractivity contribution in [3.05, 3.63) is 23.3 Å². The molecule has 100 valence electrons. The number of aliphatic hydroxyl groups excluding tert-OH is 1. The predicted octanol–water partition coefficient (Wildman–Crippen LogP) is 2.76. The van der Waals surface area contributed by atoms with E-state index in [1.807, 2.05) is 6.92 Å². The van der Waals surface area contributed by atoms with Gasteiger partial charge in [0, 0.05) is 5.57 Å². The predicted molar refractivity (Wildman–Crippen MR) is 70.1 cm³/mol. The van der Waals surface area contributed by atoms with Crippen molar-refractivity contribution >= 4 is 5.97 Å². The van der Waals surface area contributed by atoms with Crippen LogP contribution in [0.4, 0.5) is 0 Å². The van der Waals surface area contributed by atoms with E-state index >= 15 is 0 Å². The van der Waals surface area contributed by atoms with Gasteiger partial charge in [0.15, 0.2) is 0 Å². The average Bonchev–Trinajstić information content (AvgIpc) is 2.50. The molecule has 3 heteroatoms.